The minimum absolute atomic E-state index is 0.103. The molecule has 0 atom stereocenters. The first-order valence-corrected chi connectivity index (χ1v) is 6.38. The van der Waals surface area contributed by atoms with Crippen LogP contribution in [0.1, 0.15) is 0 Å². The second-order valence-electron chi connectivity index (χ2n) is 4.65. The van der Waals surface area contributed by atoms with Crippen molar-refractivity contribution in [3.05, 3.63) is 0 Å². The van der Waals surface area contributed by atoms with E-state index in [1.165, 1.54) is 0 Å². The van der Waals surface area contributed by atoms with Crippen molar-refractivity contribution in [1.29, 1.82) is 5.26 Å². The van der Waals surface area contributed by atoms with Gasteiger partial charge in [-0.15, -0.1) is 0 Å². The molecular formula is C12H21N3O2. The summed E-state index contributed by atoms with van der Waals surface area (Å²) < 4.78 is 10.6. The molecule has 2 saturated heterocycles. The van der Waals surface area contributed by atoms with E-state index in [2.05, 4.69) is 15.9 Å². The van der Waals surface area contributed by atoms with Crippen LogP contribution in [0.2, 0.25) is 0 Å². The molecular weight excluding hydrogens is 218 g/mol. The highest BCUT2D eigenvalue weighted by Crippen LogP contribution is 2.07. The van der Waals surface area contributed by atoms with Gasteiger partial charge in [0.25, 0.3) is 0 Å². The van der Waals surface area contributed by atoms with Gasteiger partial charge in [0.15, 0.2) is 0 Å². The van der Waals surface area contributed by atoms with Crippen LogP contribution in [0.15, 0.2) is 0 Å². The number of hydrogen-bond donors (Lipinski definition) is 0. The van der Waals surface area contributed by atoms with Crippen LogP contribution >= 0.6 is 0 Å². The van der Waals surface area contributed by atoms with Crippen molar-refractivity contribution >= 4 is 0 Å². The van der Waals surface area contributed by atoms with E-state index in [-0.39, 0.29) is 5.92 Å². The molecule has 0 saturated carbocycles. The number of rotatable bonds is 4. The average molecular weight is 239 g/mol. The Morgan fingerprint density at radius 1 is 0.882 bits per heavy atom. The van der Waals surface area contributed by atoms with Crippen molar-refractivity contribution in [3.8, 4) is 6.07 Å². The number of nitriles is 1. The highest BCUT2D eigenvalue weighted by Gasteiger charge is 2.20. The summed E-state index contributed by atoms with van der Waals surface area (Å²) in [5.74, 6) is 0.103. The third-order valence-electron chi connectivity index (χ3n) is 3.35. The van der Waals surface area contributed by atoms with E-state index in [0.717, 1.165) is 65.7 Å². The molecule has 0 bridgehead atoms. The highest BCUT2D eigenvalue weighted by atomic mass is 16.5. The first kappa shape index (κ1) is 12.8. The third-order valence-corrected chi connectivity index (χ3v) is 3.35. The Balaban J connectivity index is 1.73. The molecule has 0 unspecified atom stereocenters. The fourth-order valence-corrected chi connectivity index (χ4v) is 2.33. The van der Waals surface area contributed by atoms with E-state index < -0.39 is 0 Å². The first-order valence-electron chi connectivity index (χ1n) is 6.38. The summed E-state index contributed by atoms with van der Waals surface area (Å²) in [6, 6.07) is 2.43. The minimum Gasteiger partial charge on any atom is -0.379 e. The van der Waals surface area contributed by atoms with Crippen LogP contribution in [-0.4, -0.2) is 75.5 Å². The molecule has 0 aromatic carbocycles. The molecule has 5 heteroatoms. The standard InChI is InChI=1S/C12H21N3O2/c13-9-12(10-14-1-5-16-6-2-14)11-15-3-7-17-8-4-15/h12H,1-8,10-11H2. The zero-order chi connectivity index (χ0) is 11.9. The molecule has 0 amide bonds. The van der Waals surface area contributed by atoms with Gasteiger partial charge in [-0.2, -0.15) is 5.26 Å². The maximum Gasteiger partial charge on any atom is 0.0717 e. The zero-order valence-corrected chi connectivity index (χ0v) is 10.3. The lowest BCUT2D eigenvalue weighted by molar-refractivity contribution is 0.0180. The molecule has 0 aromatic heterocycles. The quantitative estimate of drug-likeness (QED) is 0.679. The fraction of sp³-hybridized carbons (Fsp3) is 0.917. The molecule has 0 aromatic rings. The Bertz CT molecular complexity index is 235. The van der Waals surface area contributed by atoms with Crippen LogP contribution in [0.25, 0.3) is 0 Å². The monoisotopic (exact) mass is 239 g/mol. The van der Waals surface area contributed by atoms with Gasteiger partial charge < -0.3 is 9.47 Å². The van der Waals surface area contributed by atoms with Crippen molar-refractivity contribution in [2.45, 2.75) is 0 Å². The number of ether oxygens (including phenoxy) is 2. The minimum atomic E-state index is 0.103. The molecule has 2 fully saturated rings. The first-order chi connectivity index (χ1) is 8.38. The van der Waals surface area contributed by atoms with Crippen molar-refractivity contribution in [2.24, 2.45) is 5.92 Å². The summed E-state index contributed by atoms with van der Waals surface area (Å²) in [5, 5.41) is 9.22. The normalized spacial score (nSPS) is 23.8. The Labute approximate surface area is 103 Å². The molecule has 0 spiro atoms. The third kappa shape index (κ3) is 4.25. The van der Waals surface area contributed by atoms with Crippen LogP contribution in [0.3, 0.4) is 0 Å². The van der Waals surface area contributed by atoms with Gasteiger partial charge in [0.2, 0.25) is 0 Å². The van der Waals surface area contributed by atoms with Gasteiger partial charge in [-0.25, -0.2) is 0 Å². The lowest BCUT2D eigenvalue weighted by atomic mass is 10.1. The molecule has 96 valence electrons. The summed E-state index contributed by atoms with van der Waals surface area (Å²) in [6.07, 6.45) is 0. The maximum atomic E-state index is 9.22. The van der Waals surface area contributed by atoms with Crippen molar-refractivity contribution in [3.63, 3.8) is 0 Å². The molecule has 2 aliphatic rings. The highest BCUT2D eigenvalue weighted by molar-refractivity contribution is 4.88. The van der Waals surface area contributed by atoms with Crippen molar-refractivity contribution in [2.75, 3.05) is 65.7 Å². The smallest absolute Gasteiger partial charge is 0.0717 e. The molecule has 0 N–H and O–H groups in total. The van der Waals surface area contributed by atoms with Crippen LogP contribution in [-0.2, 0) is 9.47 Å². The van der Waals surface area contributed by atoms with Gasteiger partial charge in [0.05, 0.1) is 38.4 Å². The second kappa shape index (κ2) is 6.92. The summed E-state index contributed by atoms with van der Waals surface area (Å²) in [7, 11) is 0. The Hall–Kier alpha value is -0.670. The predicted octanol–water partition coefficient (Wildman–Crippen LogP) is -0.209. The van der Waals surface area contributed by atoms with E-state index in [9.17, 15) is 5.26 Å². The van der Waals surface area contributed by atoms with Gasteiger partial charge in [-0.3, -0.25) is 9.80 Å². The van der Waals surface area contributed by atoms with Gasteiger partial charge in [-0.05, 0) is 0 Å². The number of hydrogen-bond acceptors (Lipinski definition) is 5. The van der Waals surface area contributed by atoms with E-state index in [1.54, 1.807) is 0 Å². The van der Waals surface area contributed by atoms with Crippen molar-refractivity contribution in [1.82, 2.24) is 9.80 Å². The molecule has 17 heavy (non-hydrogen) atoms. The predicted molar refractivity (Wildman–Crippen MR) is 63.6 cm³/mol. The van der Waals surface area contributed by atoms with Crippen LogP contribution < -0.4 is 0 Å². The SMILES string of the molecule is N#CC(CN1CCOCC1)CN1CCOCC1. The van der Waals surface area contributed by atoms with E-state index in [4.69, 9.17) is 9.47 Å². The lowest BCUT2D eigenvalue weighted by Crippen LogP contribution is -2.44. The zero-order valence-electron chi connectivity index (χ0n) is 10.3. The van der Waals surface area contributed by atoms with Gasteiger partial charge in [0, 0.05) is 39.3 Å². The lowest BCUT2D eigenvalue weighted by Gasteiger charge is -2.32. The van der Waals surface area contributed by atoms with Crippen LogP contribution in [0.4, 0.5) is 0 Å². The topological polar surface area (TPSA) is 48.7 Å². The largest absolute Gasteiger partial charge is 0.379 e. The van der Waals surface area contributed by atoms with Gasteiger partial charge >= 0.3 is 0 Å². The molecule has 0 radical (unpaired) electrons. The number of nitrogens with zero attached hydrogens (tertiary/aromatic N) is 3. The average Bonchev–Trinajstić information content (AvgIpc) is 2.40. The Morgan fingerprint density at radius 2 is 1.29 bits per heavy atom. The second-order valence-corrected chi connectivity index (χ2v) is 4.65. The van der Waals surface area contributed by atoms with Crippen LogP contribution in [0.5, 0.6) is 0 Å². The Morgan fingerprint density at radius 3 is 1.65 bits per heavy atom. The van der Waals surface area contributed by atoms with Gasteiger partial charge in [-0.1, -0.05) is 0 Å². The fourth-order valence-electron chi connectivity index (χ4n) is 2.33. The van der Waals surface area contributed by atoms with Crippen molar-refractivity contribution < 1.29 is 9.47 Å². The molecule has 2 rings (SSSR count). The molecule has 5 nitrogen and oxygen atoms in total. The van der Waals surface area contributed by atoms with E-state index in [1.807, 2.05) is 0 Å². The number of morpholine rings is 2. The maximum absolute atomic E-state index is 9.22. The summed E-state index contributed by atoms with van der Waals surface area (Å²) >= 11 is 0. The Kier molecular flexibility index (Phi) is 5.20. The summed E-state index contributed by atoms with van der Waals surface area (Å²) in [6.45, 7) is 8.79. The summed E-state index contributed by atoms with van der Waals surface area (Å²) in [4.78, 5) is 4.66. The van der Waals surface area contributed by atoms with Crippen LogP contribution in [0, 0.1) is 17.2 Å². The van der Waals surface area contributed by atoms with E-state index in [0.29, 0.717) is 0 Å². The van der Waals surface area contributed by atoms with Gasteiger partial charge in [0.1, 0.15) is 0 Å². The summed E-state index contributed by atoms with van der Waals surface area (Å²) in [5.41, 5.74) is 0. The molecule has 2 heterocycles. The molecule has 2 aliphatic heterocycles. The molecule has 0 aliphatic carbocycles. The van der Waals surface area contributed by atoms with E-state index >= 15 is 0 Å².